The van der Waals surface area contributed by atoms with Gasteiger partial charge in [-0.1, -0.05) is 0 Å². The first-order chi connectivity index (χ1) is 13.4. The van der Waals surface area contributed by atoms with Crippen LogP contribution in [0, 0.1) is 0 Å². The van der Waals surface area contributed by atoms with E-state index in [2.05, 4.69) is 9.50 Å². The summed E-state index contributed by atoms with van der Waals surface area (Å²) in [6.07, 6.45) is -10.8. The number of hydrogen-bond acceptors (Lipinski definition) is 11. The average Bonchev–Trinajstić information content (AvgIpc) is 2.59. The van der Waals surface area contributed by atoms with Crippen LogP contribution in [0.2, 0.25) is 0 Å². The molecule has 2 aliphatic rings. The monoisotopic (exact) mass is 445 g/mol. The van der Waals surface area contributed by atoms with Crippen LogP contribution in [0.4, 0.5) is 0 Å². The normalized spacial score (nSPS) is 38.4. The smallest absolute Gasteiger partial charge is 0.397 e. The van der Waals surface area contributed by atoms with Crippen molar-refractivity contribution in [3.05, 3.63) is 0 Å². The molecule has 2 heterocycles. The molecule has 0 aromatic rings. The Hall–Kier alpha value is -1.43. The summed E-state index contributed by atoms with van der Waals surface area (Å²) in [6, 6.07) is -1.23. The number of amides is 1. The molecule has 29 heavy (non-hydrogen) atoms. The lowest BCUT2D eigenvalue weighted by molar-refractivity contribution is -0.294. The van der Waals surface area contributed by atoms with Gasteiger partial charge in [-0.2, -0.15) is 8.42 Å². The molecule has 14 nitrogen and oxygen atoms in total. The highest BCUT2D eigenvalue weighted by Crippen LogP contribution is 2.27. The van der Waals surface area contributed by atoms with Crippen molar-refractivity contribution in [1.82, 2.24) is 5.32 Å². The van der Waals surface area contributed by atoms with Gasteiger partial charge in [-0.15, -0.1) is 0 Å². The molecule has 0 aromatic heterocycles. The van der Waals surface area contributed by atoms with Gasteiger partial charge in [0.25, 0.3) is 0 Å². The Balaban J connectivity index is 2.21. The molecule has 15 heteroatoms. The van der Waals surface area contributed by atoms with Crippen molar-refractivity contribution < 1.29 is 61.4 Å². The van der Waals surface area contributed by atoms with Gasteiger partial charge >= 0.3 is 16.4 Å². The number of ether oxygens (including phenoxy) is 3. The standard InChI is InChI=1S/C14H23NO13S/c1-5(16)15-9-7(17)2-6(3-26-29(22,23)24)27-14(9)28-11-10(19)8(18)4-25-12(11)13(20)21/h6-12,14,17-19H,2-4H2,1H3,(H,15,16)(H,20,21)(H,22,23,24). The predicted molar refractivity (Wildman–Crippen MR) is 88.7 cm³/mol. The van der Waals surface area contributed by atoms with Crippen LogP contribution in [0.15, 0.2) is 0 Å². The van der Waals surface area contributed by atoms with Crippen molar-refractivity contribution in [2.45, 2.75) is 62.3 Å². The Kier molecular flexibility index (Phi) is 7.88. The molecular formula is C14H23NO13S. The first-order valence-electron chi connectivity index (χ1n) is 8.47. The number of carbonyl (C=O) groups is 2. The van der Waals surface area contributed by atoms with Crippen molar-refractivity contribution >= 4 is 22.3 Å². The summed E-state index contributed by atoms with van der Waals surface area (Å²) < 4.78 is 50.2. The van der Waals surface area contributed by atoms with Crippen molar-refractivity contribution in [3.8, 4) is 0 Å². The fraction of sp³-hybridized carbons (Fsp3) is 0.857. The summed E-state index contributed by atoms with van der Waals surface area (Å²) in [4.78, 5) is 22.8. The Morgan fingerprint density at radius 3 is 2.41 bits per heavy atom. The van der Waals surface area contributed by atoms with E-state index in [1.807, 2.05) is 0 Å². The fourth-order valence-electron chi connectivity index (χ4n) is 3.02. The zero-order chi connectivity index (χ0) is 21.9. The molecule has 0 bridgehead atoms. The van der Waals surface area contributed by atoms with Crippen LogP contribution in [0.25, 0.3) is 0 Å². The number of carboxylic acid groups (broad SMARTS) is 1. The second kappa shape index (κ2) is 9.59. The van der Waals surface area contributed by atoms with E-state index in [0.717, 1.165) is 6.92 Å². The fourth-order valence-corrected chi connectivity index (χ4v) is 3.35. The number of nitrogens with one attached hydrogen (secondary N) is 1. The van der Waals surface area contributed by atoms with Crippen LogP contribution in [-0.2, 0) is 38.4 Å². The van der Waals surface area contributed by atoms with Gasteiger partial charge in [-0.05, 0) is 0 Å². The molecule has 2 rings (SSSR count). The van der Waals surface area contributed by atoms with E-state index in [4.69, 9.17) is 18.8 Å². The van der Waals surface area contributed by atoms with Crippen LogP contribution < -0.4 is 5.32 Å². The van der Waals surface area contributed by atoms with Crippen molar-refractivity contribution in [3.63, 3.8) is 0 Å². The van der Waals surface area contributed by atoms with Gasteiger partial charge in [0, 0.05) is 13.3 Å². The summed E-state index contributed by atoms with van der Waals surface area (Å²) in [5, 5.41) is 41.8. The molecule has 8 unspecified atom stereocenters. The SMILES string of the molecule is CC(=O)NC1C(O)CC(COS(=O)(=O)O)OC1OC1C(C(=O)O)OCC(O)C1O. The van der Waals surface area contributed by atoms with Crippen molar-refractivity contribution in [1.29, 1.82) is 0 Å². The lowest BCUT2D eigenvalue weighted by atomic mass is 9.97. The summed E-state index contributed by atoms with van der Waals surface area (Å²) >= 11 is 0. The van der Waals surface area contributed by atoms with E-state index in [1.54, 1.807) is 0 Å². The number of aliphatic hydroxyl groups excluding tert-OH is 3. The number of carbonyl (C=O) groups excluding carboxylic acids is 1. The number of aliphatic hydroxyl groups is 3. The van der Waals surface area contributed by atoms with Crippen molar-refractivity contribution in [2.24, 2.45) is 0 Å². The Labute approximate surface area is 165 Å². The first-order valence-corrected chi connectivity index (χ1v) is 9.84. The molecule has 0 aromatic carbocycles. The highest BCUT2D eigenvalue weighted by Gasteiger charge is 2.48. The number of rotatable bonds is 7. The quantitative estimate of drug-likeness (QED) is 0.209. The highest BCUT2D eigenvalue weighted by molar-refractivity contribution is 7.80. The Morgan fingerprint density at radius 1 is 1.21 bits per heavy atom. The lowest BCUT2D eigenvalue weighted by Crippen LogP contribution is -2.63. The van der Waals surface area contributed by atoms with Gasteiger partial charge in [0.1, 0.15) is 24.4 Å². The van der Waals surface area contributed by atoms with Crippen LogP contribution in [0.3, 0.4) is 0 Å². The van der Waals surface area contributed by atoms with Crippen LogP contribution in [0.1, 0.15) is 13.3 Å². The minimum absolute atomic E-state index is 0.227. The van der Waals surface area contributed by atoms with Gasteiger partial charge in [0.15, 0.2) is 12.4 Å². The molecule has 2 aliphatic heterocycles. The van der Waals surface area contributed by atoms with E-state index >= 15 is 0 Å². The van der Waals surface area contributed by atoms with E-state index < -0.39 is 84.4 Å². The second-order valence-corrected chi connectivity index (χ2v) is 7.71. The lowest BCUT2D eigenvalue weighted by Gasteiger charge is -2.43. The molecular weight excluding hydrogens is 422 g/mol. The highest BCUT2D eigenvalue weighted by atomic mass is 32.3. The minimum atomic E-state index is -4.80. The molecule has 8 atom stereocenters. The molecule has 0 radical (unpaired) electrons. The molecule has 6 N–H and O–H groups in total. The number of aliphatic carboxylic acids is 1. The number of carboxylic acids is 1. The summed E-state index contributed by atoms with van der Waals surface area (Å²) in [7, 11) is -4.80. The van der Waals surface area contributed by atoms with Gasteiger partial charge in [0.05, 0.1) is 25.4 Å². The molecule has 168 valence electrons. The average molecular weight is 445 g/mol. The summed E-state index contributed by atoms with van der Waals surface area (Å²) in [6.45, 7) is -0.0387. The van der Waals surface area contributed by atoms with Crippen LogP contribution >= 0.6 is 0 Å². The molecule has 2 saturated heterocycles. The largest absolute Gasteiger partial charge is 0.479 e. The van der Waals surface area contributed by atoms with Crippen LogP contribution in [0.5, 0.6) is 0 Å². The molecule has 0 spiro atoms. The topological polar surface area (TPSA) is 218 Å². The maximum absolute atomic E-state index is 11.4. The maximum Gasteiger partial charge on any atom is 0.397 e. The van der Waals surface area contributed by atoms with Gasteiger partial charge < -0.3 is 40.0 Å². The Morgan fingerprint density at radius 2 is 1.86 bits per heavy atom. The molecule has 0 aliphatic carbocycles. The van der Waals surface area contributed by atoms with Crippen LogP contribution in [-0.4, -0.2) is 107 Å². The molecule has 2 fully saturated rings. The third-order valence-electron chi connectivity index (χ3n) is 4.32. The summed E-state index contributed by atoms with van der Waals surface area (Å²) in [5.41, 5.74) is 0. The summed E-state index contributed by atoms with van der Waals surface area (Å²) in [5.74, 6) is -2.09. The second-order valence-electron chi connectivity index (χ2n) is 6.62. The zero-order valence-corrected chi connectivity index (χ0v) is 16.0. The van der Waals surface area contributed by atoms with E-state index in [1.165, 1.54) is 0 Å². The van der Waals surface area contributed by atoms with Gasteiger partial charge in [-0.3, -0.25) is 9.35 Å². The predicted octanol–water partition coefficient (Wildman–Crippen LogP) is -3.62. The third kappa shape index (κ3) is 6.53. The molecule has 1 amide bonds. The Bertz CT molecular complexity index is 700. The van der Waals surface area contributed by atoms with Gasteiger partial charge in [-0.25, -0.2) is 8.98 Å². The van der Waals surface area contributed by atoms with E-state index in [0.29, 0.717) is 0 Å². The molecule has 0 saturated carbocycles. The third-order valence-corrected chi connectivity index (χ3v) is 4.76. The number of hydrogen-bond donors (Lipinski definition) is 6. The van der Waals surface area contributed by atoms with E-state index in [-0.39, 0.29) is 6.42 Å². The zero-order valence-electron chi connectivity index (χ0n) is 15.2. The minimum Gasteiger partial charge on any atom is -0.479 e. The van der Waals surface area contributed by atoms with Gasteiger partial charge in [0.2, 0.25) is 5.91 Å². The first kappa shape index (κ1) is 23.8. The van der Waals surface area contributed by atoms with Crippen molar-refractivity contribution in [2.75, 3.05) is 13.2 Å². The maximum atomic E-state index is 11.4. The van der Waals surface area contributed by atoms with E-state index in [9.17, 15) is 38.4 Å².